The van der Waals surface area contributed by atoms with Crippen LogP contribution in [0.25, 0.3) is 11.3 Å². The van der Waals surface area contributed by atoms with Gasteiger partial charge in [-0.2, -0.15) is 0 Å². The molecule has 2 aliphatic heterocycles. The predicted molar refractivity (Wildman–Crippen MR) is 108 cm³/mol. The number of methoxy groups -OCH3 is 1. The van der Waals surface area contributed by atoms with Crippen LogP contribution in [0.3, 0.4) is 0 Å². The fraction of sp³-hybridized carbons (Fsp3) is 0.182. The Morgan fingerprint density at radius 1 is 1.39 bits per heavy atom. The van der Waals surface area contributed by atoms with Crippen molar-refractivity contribution in [2.45, 2.75) is 10.5 Å². The monoisotopic (exact) mass is 531 g/mol. The summed E-state index contributed by atoms with van der Waals surface area (Å²) in [6.07, 6.45) is 3.92. The Kier molecular flexibility index (Phi) is 5.15. The minimum absolute atomic E-state index is 0.00527. The van der Waals surface area contributed by atoms with Crippen molar-refractivity contribution in [3.63, 3.8) is 0 Å². The molecule has 0 aliphatic carbocycles. The Bertz CT molecular complexity index is 1250. The van der Waals surface area contributed by atoms with Crippen molar-refractivity contribution in [1.29, 1.82) is 0 Å². The number of hydrogen-bond acceptors (Lipinski definition) is 5. The van der Waals surface area contributed by atoms with Crippen LogP contribution in [-0.4, -0.2) is 33.6 Å². The Morgan fingerprint density at radius 2 is 2.29 bits per heavy atom. The number of hydrogen-bond donors (Lipinski definition) is 3. The summed E-state index contributed by atoms with van der Waals surface area (Å²) in [5.41, 5.74) is 3.64. The molecule has 0 saturated heterocycles. The van der Waals surface area contributed by atoms with Crippen molar-refractivity contribution in [2.75, 3.05) is 19.0 Å². The van der Waals surface area contributed by atoms with E-state index in [9.17, 15) is 9.18 Å². The fourth-order valence-corrected chi connectivity index (χ4v) is 5.54. The van der Waals surface area contributed by atoms with E-state index in [4.69, 9.17) is 9.47 Å². The number of halogens is 2. The number of nitrogens with zero attached hydrogens (tertiary/aromatic N) is 1. The minimum atomic E-state index is -0.567. The Labute approximate surface area is 188 Å². The quantitative estimate of drug-likeness (QED) is 0.192. The first-order valence-corrected chi connectivity index (χ1v) is 11.8. The number of ether oxygens (including phenoxy) is 2. The summed E-state index contributed by atoms with van der Waals surface area (Å²) in [7, 11) is 1.41. The number of carbonyl (C=O) groups is 1. The number of aromatic amines is 1. The molecule has 0 saturated carbocycles. The summed E-state index contributed by atoms with van der Waals surface area (Å²) in [6, 6.07) is 6.41. The van der Waals surface area contributed by atoms with Gasteiger partial charge in [0.25, 0.3) is 0 Å². The van der Waals surface area contributed by atoms with Crippen LogP contribution in [0, 0.1) is 15.7 Å². The topological polar surface area (TPSA) is 88.3 Å². The summed E-state index contributed by atoms with van der Waals surface area (Å²) in [4.78, 5) is 20.7. The number of anilines is 2. The molecular weight excluding hydrogens is 514 g/mol. The molecule has 1 aromatic carbocycles. The maximum absolute atomic E-state index is 14.3. The third-order valence-corrected chi connectivity index (χ3v) is 7.21. The zero-order valence-electron chi connectivity index (χ0n) is 16.4. The Balaban J connectivity index is 1.72. The third-order valence-electron chi connectivity index (χ3n) is 5.01. The van der Waals surface area contributed by atoms with Gasteiger partial charge in [-0.25, -0.2) is 0 Å². The maximum atomic E-state index is 14.3. The molecule has 0 radical (unpaired) electrons. The normalized spacial score (nSPS) is 16.8. The van der Waals surface area contributed by atoms with E-state index < -0.39 is 27.0 Å². The summed E-state index contributed by atoms with van der Waals surface area (Å²) in [6.45, 7) is 0.236. The number of rotatable bonds is 3. The molecule has 3 bridgehead atoms. The van der Waals surface area contributed by atoms with E-state index in [0.29, 0.717) is 34.8 Å². The zero-order chi connectivity index (χ0) is 21.4. The standard InChI is InChI=1S/C22H17FIN4O3/c1-30-21-13(23)4-2-5-14(21)26-20-18-15-10-17(28-22(18)29)24-7-3-9-31-16-11-25-8-6-12(16)19(20)27-15/h2,4-6,8,11,17,26-27H,9-10H2,1H3,(H,28,29)/q-1/t17-/m1/s1. The van der Waals surface area contributed by atoms with Crippen molar-refractivity contribution >= 4 is 17.3 Å². The Morgan fingerprint density at radius 3 is 3.16 bits per heavy atom. The van der Waals surface area contributed by atoms with Gasteiger partial charge < -0.3 is 0 Å². The van der Waals surface area contributed by atoms with Gasteiger partial charge in [0.05, 0.1) is 0 Å². The van der Waals surface area contributed by atoms with E-state index in [1.807, 2.05) is 6.07 Å². The van der Waals surface area contributed by atoms with E-state index in [2.05, 4.69) is 30.4 Å². The molecule has 0 spiro atoms. The van der Waals surface area contributed by atoms with Crippen molar-refractivity contribution in [3.8, 4) is 32.6 Å². The SMILES string of the molecule is COc1c(F)cccc1Nc1c2[nH]c3c1C(=O)N[C@H](C3)[I-]C#CCOc1cnccc1-2. The number of alkyl halides is 1. The number of para-hydroxylation sites is 1. The van der Waals surface area contributed by atoms with Gasteiger partial charge in [-0.05, 0) is 0 Å². The molecule has 2 aliphatic rings. The first-order chi connectivity index (χ1) is 15.2. The third kappa shape index (κ3) is 3.57. The number of carbonyl (C=O) groups excluding carboxylic acids is 1. The summed E-state index contributed by atoms with van der Waals surface area (Å²) in [5.74, 6) is 2.96. The molecule has 158 valence electrons. The van der Waals surface area contributed by atoms with E-state index in [1.165, 1.54) is 13.2 Å². The van der Waals surface area contributed by atoms with Gasteiger partial charge >= 0.3 is 188 Å². The van der Waals surface area contributed by atoms with Gasteiger partial charge in [-0.1, -0.05) is 0 Å². The molecule has 2 aromatic heterocycles. The van der Waals surface area contributed by atoms with Gasteiger partial charge in [-0.15, -0.1) is 0 Å². The van der Waals surface area contributed by atoms with Crippen LogP contribution >= 0.6 is 0 Å². The number of benzene rings is 1. The van der Waals surface area contributed by atoms with Crippen LogP contribution in [-0.2, 0) is 6.42 Å². The second kappa shape index (κ2) is 8.11. The van der Waals surface area contributed by atoms with Crippen LogP contribution in [0.2, 0.25) is 0 Å². The van der Waals surface area contributed by atoms with Gasteiger partial charge in [0.2, 0.25) is 0 Å². The van der Waals surface area contributed by atoms with Crippen LogP contribution in [0.15, 0.2) is 36.7 Å². The molecule has 0 unspecified atom stereocenters. The fourth-order valence-electron chi connectivity index (χ4n) is 3.69. The molecule has 7 nitrogen and oxygen atoms in total. The first-order valence-electron chi connectivity index (χ1n) is 9.48. The second-order valence-corrected chi connectivity index (χ2v) is 9.53. The molecule has 31 heavy (non-hydrogen) atoms. The molecule has 4 heterocycles. The molecule has 1 amide bonds. The molecule has 0 fully saturated rings. The van der Waals surface area contributed by atoms with Gasteiger partial charge in [0.1, 0.15) is 0 Å². The van der Waals surface area contributed by atoms with Crippen LogP contribution in [0.5, 0.6) is 11.5 Å². The number of aromatic nitrogens is 2. The average Bonchev–Trinajstić information content (AvgIpc) is 3.12. The summed E-state index contributed by atoms with van der Waals surface area (Å²) in [5, 5.41) is 6.30. The van der Waals surface area contributed by atoms with E-state index in [1.54, 1.807) is 24.5 Å². The van der Waals surface area contributed by atoms with Crippen LogP contribution in [0.4, 0.5) is 15.8 Å². The van der Waals surface area contributed by atoms with Crippen molar-refractivity contribution in [3.05, 3.63) is 53.7 Å². The van der Waals surface area contributed by atoms with E-state index in [0.717, 1.165) is 11.3 Å². The van der Waals surface area contributed by atoms with Crippen molar-refractivity contribution in [2.24, 2.45) is 0 Å². The summed E-state index contributed by atoms with van der Waals surface area (Å²) < 4.78 is 28.6. The van der Waals surface area contributed by atoms with Crippen molar-refractivity contribution in [1.82, 2.24) is 15.3 Å². The molecule has 3 aromatic rings. The molecule has 5 rings (SSSR count). The Hall–Kier alpha value is -3.26. The second-order valence-electron chi connectivity index (χ2n) is 6.86. The zero-order valence-corrected chi connectivity index (χ0v) is 18.5. The molecule has 1 atom stereocenters. The average molecular weight is 531 g/mol. The number of fused-ring (bicyclic) bond motifs is 4. The summed E-state index contributed by atoms with van der Waals surface area (Å²) >= 11 is -0.567. The van der Waals surface area contributed by atoms with E-state index >= 15 is 0 Å². The number of nitrogens with one attached hydrogen (secondary N) is 3. The molecular formula is C22H17FIN4O3-. The van der Waals surface area contributed by atoms with E-state index in [-0.39, 0.29) is 22.3 Å². The van der Waals surface area contributed by atoms with Crippen LogP contribution < -0.4 is 41.3 Å². The first kappa shape index (κ1) is 19.7. The van der Waals surface area contributed by atoms with Gasteiger partial charge in [-0.3, -0.25) is 0 Å². The number of amides is 1. The predicted octanol–water partition coefficient (Wildman–Crippen LogP) is 0.0223. The number of H-pyrrole nitrogens is 1. The number of pyridine rings is 1. The molecule has 9 heteroatoms. The van der Waals surface area contributed by atoms with Crippen molar-refractivity contribution < 1.29 is 39.9 Å². The molecule has 3 N–H and O–H groups in total. The van der Waals surface area contributed by atoms with Crippen LogP contribution in [0.1, 0.15) is 16.1 Å². The van der Waals surface area contributed by atoms with Gasteiger partial charge in [0.15, 0.2) is 0 Å². The van der Waals surface area contributed by atoms with Gasteiger partial charge in [0, 0.05) is 0 Å².